The Labute approximate surface area is 78.2 Å². The van der Waals surface area contributed by atoms with Gasteiger partial charge in [-0.15, -0.1) is 11.3 Å². The van der Waals surface area contributed by atoms with Crippen LogP contribution < -0.4 is 5.73 Å². The van der Waals surface area contributed by atoms with Crippen molar-refractivity contribution in [2.45, 2.75) is 0 Å². The third-order valence-electron chi connectivity index (χ3n) is 1.03. The molecule has 0 aliphatic rings. The number of hydrogen-bond donors (Lipinski definition) is 1. The van der Waals surface area contributed by atoms with E-state index in [0.29, 0.717) is 5.69 Å². The van der Waals surface area contributed by atoms with Crippen LogP contribution in [0.25, 0.3) is 0 Å². The van der Waals surface area contributed by atoms with Crippen molar-refractivity contribution < 1.29 is 9.21 Å². The van der Waals surface area contributed by atoms with E-state index in [9.17, 15) is 4.79 Å². The molecule has 2 aromatic rings. The van der Waals surface area contributed by atoms with Crippen LogP contribution in [0, 0.1) is 0 Å². The summed E-state index contributed by atoms with van der Waals surface area (Å²) in [6.07, 6.45) is 4.47. The molecule has 0 radical (unpaired) electrons. The Morgan fingerprint density at radius 1 is 1.62 bits per heavy atom. The molecule has 5 nitrogen and oxygen atoms in total. The number of aromatic nitrogens is 2. The fourth-order valence-electron chi connectivity index (χ4n) is 0.510. The normalized spacial score (nSPS) is 8.62. The fraction of sp³-hybridized carbons (Fsp3) is 0. The summed E-state index contributed by atoms with van der Waals surface area (Å²) in [5.74, 6) is -0.466. The highest BCUT2D eigenvalue weighted by atomic mass is 32.1. The van der Waals surface area contributed by atoms with E-state index in [0.717, 1.165) is 0 Å². The van der Waals surface area contributed by atoms with Crippen molar-refractivity contribution in [1.82, 2.24) is 9.97 Å². The van der Waals surface area contributed by atoms with Crippen LogP contribution in [-0.4, -0.2) is 15.9 Å². The van der Waals surface area contributed by atoms with Crippen molar-refractivity contribution >= 4 is 17.2 Å². The largest absolute Gasteiger partial charge is 0.452 e. The summed E-state index contributed by atoms with van der Waals surface area (Å²) < 4.78 is 4.47. The van der Waals surface area contributed by atoms with Gasteiger partial charge in [-0.05, 0) is 0 Å². The van der Waals surface area contributed by atoms with Gasteiger partial charge in [0.1, 0.15) is 12.0 Å². The highest BCUT2D eigenvalue weighted by molar-refractivity contribution is 7.07. The summed E-state index contributed by atoms with van der Waals surface area (Å²) in [6, 6.07) is 0. The Morgan fingerprint density at radius 3 is 2.69 bits per heavy atom. The highest BCUT2D eigenvalue weighted by Gasteiger charge is 1.98. The SMILES string of the molecule is NC(=O)c1cscn1.c1cocn1. The molecular formula is C7H7N3O2S. The zero-order chi connectivity index (χ0) is 9.52. The second kappa shape index (κ2) is 5.04. The Kier molecular flexibility index (Phi) is 3.65. The van der Waals surface area contributed by atoms with Crippen LogP contribution in [0.15, 0.2) is 34.2 Å². The second-order valence-electron chi connectivity index (χ2n) is 1.91. The third-order valence-corrected chi connectivity index (χ3v) is 1.62. The molecular weight excluding hydrogens is 190 g/mol. The molecule has 13 heavy (non-hydrogen) atoms. The first kappa shape index (κ1) is 9.40. The molecule has 0 aliphatic carbocycles. The third kappa shape index (κ3) is 3.48. The van der Waals surface area contributed by atoms with E-state index in [1.165, 1.54) is 24.0 Å². The standard InChI is InChI=1S/C4H4N2OS.C3H3NO/c5-4(7)3-1-8-2-6-3;1-2-5-3-4-1/h1-2H,(H2,5,7);1-3H. The Morgan fingerprint density at radius 2 is 2.46 bits per heavy atom. The van der Waals surface area contributed by atoms with Crippen LogP contribution in [0.2, 0.25) is 0 Å². The topological polar surface area (TPSA) is 82.0 Å². The van der Waals surface area contributed by atoms with Gasteiger partial charge in [-0.25, -0.2) is 9.97 Å². The van der Waals surface area contributed by atoms with Gasteiger partial charge in [-0.2, -0.15) is 0 Å². The summed E-state index contributed by atoms with van der Waals surface area (Å²) >= 11 is 1.36. The molecule has 0 aromatic carbocycles. The molecule has 0 saturated heterocycles. The zero-order valence-electron chi connectivity index (χ0n) is 6.58. The van der Waals surface area contributed by atoms with Gasteiger partial charge in [0.2, 0.25) is 0 Å². The second-order valence-corrected chi connectivity index (χ2v) is 2.63. The molecule has 0 aliphatic heterocycles. The van der Waals surface area contributed by atoms with Gasteiger partial charge in [0.05, 0.1) is 11.7 Å². The van der Waals surface area contributed by atoms with E-state index in [1.54, 1.807) is 17.1 Å². The van der Waals surface area contributed by atoms with Crippen LogP contribution in [0.5, 0.6) is 0 Å². The number of thiazole rings is 1. The predicted molar refractivity (Wildman–Crippen MR) is 47.1 cm³/mol. The first-order valence-electron chi connectivity index (χ1n) is 3.31. The molecule has 6 heteroatoms. The van der Waals surface area contributed by atoms with Gasteiger partial charge in [0, 0.05) is 5.38 Å². The van der Waals surface area contributed by atoms with Crippen LogP contribution >= 0.6 is 11.3 Å². The maximum Gasteiger partial charge on any atom is 0.268 e. The molecule has 0 unspecified atom stereocenters. The van der Waals surface area contributed by atoms with Crippen LogP contribution in [-0.2, 0) is 0 Å². The van der Waals surface area contributed by atoms with E-state index >= 15 is 0 Å². The highest BCUT2D eigenvalue weighted by Crippen LogP contribution is 1.97. The van der Waals surface area contributed by atoms with Gasteiger partial charge in [-0.1, -0.05) is 0 Å². The molecule has 2 rings (SSSR count). The lowest BCUT2D eigenvalue weighted by molar-refractivity contribution is 0.0996. The van der Waals surface area contributed by atoms with E-state index in [-0.39, 0.29) is 0 Å². The van der Waals surface area contributed by atoms with E-state index in [4.69, 9.17) is 5.73 Å². The number of nitrogens with zero attached hydrogens (tertiary/aromatic N) is 2. The van der Waals surface area contributed by atoms with Gasteiger partial charge in [0.15, 0.2) is 6.39 Å². The first-order chi connectivity index (χ1) is 6.30. The average Bonchev–Trinajstić information content (AvgIpc) is 2.82. The lowest BCUT2D eigenvalue weighted by Crippen LogP contribution is -2.10. The van der Waals surface area contributed by atoms with Gasteiger partial charge in [0.25, 0.3) is 5.91 Å². The van der Waals surface area contributed by atoms with E-state index in [2.05, 4.69) is 14.4 Å². The van der Waals surface area contributed by atoms with E-state index < -0.39 is 5.91 Å². The maximum atomic E-state index is 10.2. The lowest BCUT2D eigenvalue weighted by Gasteiger charge is -1.79. The molecule has 1 amide bonds. The number of amides is 1. The molecule has 2 aromatic heterocycles. The minimum Gasteiger partial charge on any atom is -0.452 e. The minimum atomic E-state index is -0.466. The summed E-state index contributed by atoms with van der Waals surface area (Å²) in [7, 11) is 0. The zero-order valence-corrected chi connectivity index (χ0v) is 7.40. The number of hydrogen-bond acceptors (Lipinski definition) is 5. The molecule has 68 valence electrons. The number of nitrogens with two attached hydrogens (primary N) is 1. The molecule has 0 spiro atoms. The Hall–Kier alpha value is -1.69. The molecule has 0 saturated carbocycles. The maximum absolute atomic E-state index is 10.2. The van der Waals surface area contributed by atoms with Crippen molar-refractivity contribution in [3.05, 3.63) is 35.4 Å². The monoisotopic (exact) mass is 197 g/mol. The van der Waals surface area contributed by atoms with Gasteiger partial charge < -0.3 is 10.2 Å². The summed E-state index contributed by atoms with van der Waals surface area (Å²) in [6.45, 7) is 0. The average molecular weight is 197 g/mol. The fourth-order valence-corrected chi connectivity index (χ4v) is 1.05. The molecule has 0 bridgehead atoms. The van der Waals surface area contributed by atoms with Crippen molar-refractivity contribution in [2.75, 3.05) is 0 Å². The number of oxazole rings is 1. The number of carbonyl (C=O) groups excluding carboxylic acids is 1. The van der Waals surface area contributed by atoms with Crippen molar-refractivity contribution in [3.8, 4) is 0 Å². The summed E-state index contributed by atoms with van der Waals surface area (Å²) in [5, 5.41) is 1.61. The van der Waals surface area contributed by atoms with Crippen molar-refractivity contribution in [3.63, 3.8) is 0 Å². The number of primary amides is 1. The van der Waals surface area contributed by atoms with Crippen molar-refractivity contribution in [1.29, 1.82) is 0 Å². The van der Waals surface area contributed by atoms with Crippen molar-refractivity contribution in [2.24, 2.45) is 5.73 Å². The Balaban J connectivity index is 0.000000145. The number of rotatable bonds is 1. The van der Waals surface area contributed by atoms with Crippen LogP contribution in [0.1, 0.15) is 10.5 Å². The molecule has 0 fully saturated rings. The quantitative estimate of drug-likeness (QED) is 0.736. The van der Waals surface area contributed by atoms with Gasteiger partial charge >= 0.3 is 0 Å². The predicted octanol–water partition coefficient (Wildman–Crippen LogP) is 0.917. The molecule has 2 N–H and O–H groups in total. The molecule has 0 atom stereocenters. The van der Waals surface area contributed by atoms with Gasteiger partial charge in [-0.3, -0.25) is 4.79 Å². The summed E-state index contributed by atoms with van der Waals surface area (Å²) in [4.78, 5) is 17.4. The Bertz CT molecular complexity index is 313. The first-order valence-corrected chi connectivity index (χ1v) is 4.25. The summed E-state index contributed by atoms with van der Waals surface area (Å²) in [5.41, 5.74) is 6.78. The minimum absolute atomic E-state index is 0.343. The smallest absolute Gasteiger partial charge is 0.268 e. The number of carbonyl (C=O) groups is 1. The lowest BCUT2D eigenvalue weighted by atomic mass is 10.5. The van der Waals surface area contributed by atoms with Crippen LogP contribution in [0.4, 0.5) is 0 Å². The molecule has 2 heterocycles. The van der Waals surface area contributed by atoms with E-state index in [1.807, 2.05) is 0 Å². The van der Waals surface area contributed by atoms with Crippen LogP contribution in [0.3, 0.4) is 0 Å².